The molecule has 0 radical (unpaired) electrons. The van der Waals surface area contributed by atoms with E-state index in [1.54, 1.807) is 0 Å². The first-order valence-corrected chi connectivity index (χ1v) is 9.22. The van der Waals surface area contributed by atoms with Gasteiger partial charge in [0, 0.05) is 44.5 Å². The molecule has 0 unspecified atom stereocenters. The Balaban J connectivity index is 1.29. The summed E-state index contributed by atoms with van der Waals surface area (Å²) in [5.41, 5.74) is 2.22. The summed E-state index contributed by atoms with van der Waals surface area (Å²) in [4.78, 5) is 13.7. The summed E-state index contributed by atoms with van der Waals surface area (Å²) in [6.07, 6.45) is 0. The Morgan fingerprint density at radius 1 is 0.963 bits per heavy atom. The van der Waals surface area contributed by atoms with Crippen molar-refractivity contribution in [2.75, 3.05) is 37.9 Å². The third kappa shape index (κ3) is 3.06. The van der Waals surface area contributed by atoms with Gasteiger partial charge in [-0.2, -0.15) is 9.50 Å². The Morgan fingerprint density at radius 2 is 1.78 bits per heavy atom. The molecule has 1 fully saturated rings. The van der Waals surface area contributed by atoms with E-state index >= 15 is 0 Å². The monoisotopic (exact) mass is 366 g/mol. The Kier molecular flexibility index (Phi) is 3.86. The standard InChI is InChI=1S/C19H22N6O2/c1-13-9-18(25-19(20-13)21-14(2)22-25)24-7-5-23(6-8-24)11-15-3-4-16-17(10-15)27-12-26-16/h3-4,9-10H,5-8,11-12H2,1-2H3. The minimum Gasteiger partial charge on any atom is -0.454 e. The van der Waals surface area contributed by atoms with E-state index in [-0.39, 0.29) is 0 Å². The quantitative estimate of drug-likeness (QED) is 0.700. The highest BCUT2D eigenvalue weighted by atomic mass is 16.7. The van der Waals surface area contributed by atoms with Crippen LogP contribution in [0.25, 0.3) is 5.78 Å². The molecule has 0 amide bonds. The number of anilines is 1. The molecule has 27 heavy (non-hydrogen) atoms. The number of aryl methyl sites for hydroxylation is 2. The predicted molar refractivity (Wildman–Crippen MR) is 100 cm³/mol. The average molecular weight is 366 g/mol. The Bertz CT molecular complexity index is 993. The second-order valence-corrected chi connectivity index (χ2v) is 7.08. The summed E-state index contributed by atoms with van der Waals surface area (Å²) < 4.78 is 12.7. The minimum atomic E-state index is 0.318. The fourth-order valence-corrected chi connectivity index (χ4v) is 3.73. The first-order valence-electron chi connectivity index (χ1n) is 9.22. The number of hydrogen-bond donors (Lipinski definition) is 0. The van der Waals surface area contributed by atoms with E-state index < -0.39 is 0 Å². The molecule has 0 atom stereocenters. The number of benzene rings is 1. The molecule has 1 aromatic carbocycles. The van der Waals surface area contributed by atoms with E-state index in [4.69, 9.17) is 9.47 Å². The molecule has 0 aliphatic carbocycles. The molecule has 4 heterocycles. The molecule has 0 N–H and O–H groups in total. The third-order valence-corrected chi connectivity index (χ3v) is 5.07. The number of nitrogens with zero attached hydrogens (tertiary/aromatic N) is 6. The maximum absolute atomic E-state index is 5.49. The molecule has 3 aromatic rings. The number of rotatable bonds is 3. The van der Waals surface area contributed by atoms with Crippen molar-refractivity contribution in [1.82, 2.24) is 24.5 Å². The highest BCUT2D eigenvalue weighted by Crippen LogP contribution is 2.33. The van der Waals surface area contributed by atoms with Gasteiger partial charge in [0.25, 0.3) is 5.78 Å². The Labute approximate surface area is 157 Å². The van der Waals surface area contributed by atoms with Crippen LogP contribution >= 0.6 is 0 Å². The molecule has 2 aromatic heterocycles. The maximum Gasteiger partial charge on any atom is 0.254 e. The van der Waals surface area contributed by atoms with Gasteiger partial charge in [-0.1, -0.05) is 6.07 Å². The Morgan fingerprint density at radius 3 is 2.63 bits per heavy atom. The molecule has 1 saturated heterocycles. The number of aromatic nitrogens is 4. The lowest BCUT2D eigenvalue weighted by Gasteiger charge is -2.36. The molecular formula is C19H22N6O2. The normalized spacial score (nSPS) is 17.0. The van der Waals surface area contributed by atoms with Crippen LogP contribution in [0.3, 0.4) is 0 Å². The number of ether oxygens (including phenoxy) is 2. The highest BCUT2D eigenvalue weighted by molar-refractivity contribution is 5.48. The van der Waals surface area contributed by atoms with Gasteiger partial charge in [0.1, 0.15) is 11.6 Å². The lowest BCUT2D eigenvalue weighted by atomic mass is 10.1. The van der Waals surface area contributed by atoms with Gasteiger partial charge in [-0.25, -0.2) is 4.98 Å². The van der Waals surface area contributed by atoms with Crippen molar-refractivity contribution in [1.29, 1.82) is 0 Å². The number of fused-ring (bicyclic) bond motifs is 2. The van der Waals surface area contributed by atoms with Gasteiger partial charge in [0.05, 0.1) is 0 Å². The summed E-state index contributed by atoms with van der Waals surface area (Å²) in [6, 6.07) is 8.29. The summed E-state index contributed by atoms with van der Waals surface area (Å²) in [5, 5.41) is 4.51. The van der Waals surface area contributed by atoms with Gasteiger partial charge >= 0.3 is 0 Å². The third-order valence-electron chi connectivity index (χ3n) is 5.07. The molecule has 140 valence electrons. The lowest BCUT2D eigenvalue weighted by molar-refractivity contribution is 0.174. The van der Waals surface area contributed by atoms with Gasteiger partial charge in [0.2, 0.25) is 6.79 Å². The molecule has 2 aliphatic heterocycles. The molecule has 8 heteroatoms. The zero-order valence-electron chi connectivity index (χ0n) is 15.6. The average Bonchev–Trinajstić information content (AvgIpc) is 3.26. The summed E-state index contributed by atoms with van der Waals surface area (Å²) in [6.45, 7) is 9.01. The van der Waals surface area contributed by atoms with Crippen LogP contribution in [0.2, 0.25) is 0 Å². The lowest BCUT2D eigenvalue weighted by Crippen LogP contribution is -2.46. The molecule has 8 nitrogen and oxygen atoms in total. The molecule has 2 aliphatic rings. The van der Waals surface area contributed by atoms with Gasteiger partial charge in [-0.15, -0.1) is 5.10 Å². The van der Waals surface area contributed by atoms with Crippen molar-refractivity contribution in [3.63, 3.8) is 0 Å². The molecular weight excluding hydrogens is 344 g/mol. The molecule has 0 bridgehead atoms. The summed E-state index contributed by atoms with van der Waals surface area (Å²) in [5.74, 6) is 4.17. The predicted octanol–water partition coefficient (Wildman–Crippen LogP) is 1.79. The zero-order chi connectivity index (χ0) is 18.4. The number of hydrogen-bond acceptors (Lipinski definition) is 7. The topological polar surface area (TPSA) is 68.0 Å². The van der Waals surface area contributed by atoms with Crippen molar-refractivity contribution in [2.45, 2.75) is 20.4 Å². The summed E-state index contributed by atoms with van der Waals surface area (Å²) >= 11 is 0. The van der Waals surface area contributed by atoms with E-state index in [0.29, 0.717) is 12.6 Å². The van der Waals surface area contributed by atoms with Crippen LogP contribution in [-0.4, -0.2) is 57.5 Å². The second-order valence-electron chi connectivity index (χ2n) is 7.08. The second kappa shape index (κ2) is 6.38. The van der Waals surface area contributed by atoms with Crippen molar-refractivity contribution < 1.29 is 9.47 Å². The van der Waals surface area contributed by atoms with Gasteiger partial charge in [-0.3, -0.25) is 4.90 Å². The molecule has 5 rings (SSSR count). The van der Waals surface area contributed by atoms with E-state index in [9.17, 15) is 0 Å². The maximum atomic E-state index is 5.49. The van der Waals surface area contributed by atoms with Crippen molar-refractivity contribution in [3.8, 4) is 11.5 Å². The fraction of sp³-hybridized carbons (Fsp3) is 0.421. The smallest absolute Gasteiger partial charge is 0.254 e. The summed E-state index contributed by atoms with van der Waals surface area (Å²) in [7, 11) is 0. The van der Waals surface area contributed by atoms with Crippen LogP contribution in [-0.2, 0) is 6.54 Å². The van der Waals surface area contributed by atoms with Gasteiger partial charge in [0.15, 0.2) is 11.5 Å². The Hall–Kier alpha value is -2.87. The van der Waals surface area contributed by atoms with Crippen molar-refractivity contribution in [3.05, 3.63) is 41.3 Å². The fourth-order valence-electron chi connectivity index (χ4n) is 3.73. The van der Waals surface area contributed by atoms with E-state index in [2.05, 4.69) is 43.1 Å². The van der Waals surface area contributed by atoms with Crippen molar-refractivity contribution in [2.24, 2.45) is 0 Å². The first kappa shape index (κ1) is 16.3. The van der Waals surface area contributed by atoms with Crippen LogP contribution < -0.4 is 14.4 Å². The zero-order valence-corrected chi connectivity index (χ0v) is 15.6. The largest absolute Gasteiger partial charge is 0.454 e. The first-order chi connectivity index (χ1) is 13.2. The highest BCUT2D eigenvalue weighted by Gasteiger charge is 2.21. The SMILES string of the molecule is Cc1cc(N2CCN(Cc3ccc4c(c3)OCO4)CC2)n2nc(C)nc2n1. The van der Waals surface area contributed by atoms with Gasteiger partial charge < -0.3 is 14.4 Å². The van der Waals surface area contributed by atoms with Crippen LogP contribution in [0.1, 0.15) is 17.1 Å². The van der Waals surface area contributed by atoms with Crippen LogP contribution in [0.5, 0.6) is 11.5 Å². The van der Waals surface area contributed by atoms with E-state index in [1.807, 2.05) is 24.4 Å². The van der Waals surface area contributed by atoms with Crippen molar-refractivity contribution >= 4 is 11.6 Å². The van der Waals surface area contributed by atoms with Crippen LogP contribution in [0, 0.1) is 13.8 Å². The molecule has 0 saturated carbocycles. The van der Waals surface area contributed by atoms with E-state index in [1.165, 1.54) is 5.56 Å². The number of piperazine rings is 1. The molecule has 0 spiro atoms. The van der Waals surface area contributed by atoms with E-state index in [0.717, 1.165) is 61.6 Å². The van der Waals surface area contributed by atoms with Gasteiger partial charge in [-0.05, 0) is 31.5 Å². The van der Waals surface area contributed by atoms with Crippen LogP contribution in [0.4, 0.5) is 5.82 Å². The van der Waals surface area contributed by atoms with Crippen LogP contribution in [0.15, 0.2) is 24.3 Å². The minimum absolute atomic E-state index is 0.318.